The van der Waals surface area contributed by atoms with E-state index in [9.17, 15) is 4.79 Å². The lowest BCUT2D eigenvalue weighted by Gasteiger charge is -2.17. The molecule has 0 aromatic carbocycles. The number of carbonyl (C=O) groups is 1. The lowest BCUT2D eigenvalue weighted by Crippen LogP contribution is -2.24. The molecule has 1 aliphatic carbocycles. The van der Waals surface area contributed by atoms with Gasteiger partial charge in [0.1, 0.15) is 0 Å². The summed E-state index contributed by atoms with van der Waals surface area (Å²) in [6.45, 7) is 2.90. The Balaban J connectivity index is 1.24. The van der Waals surface area contributed by atoms with Gasteiger partial charge in [0, 0.05) is 0 Å². The smallest absolute Gasteiger partial charge is 0.309 e. The van der Waals surface area contributed by atoms with Crippen molar-refractivity contribution in [1.82, 2.24) is 0 Å². The van der Waals surface area contributed by atoms with Gasteiger partial charge in [-0.05, 0) is 25.7 Å². The molecule has 0 amide bonds. The monoisotopic (exact) mass is 394 g/mol. The van der Waals surface area contributed by atoms with Gasteiger partial charge in [0.2, 0.25) is 0 Å². The lowest BCUT2D eigenvalue weighted by molar-refractivity contribution is -0.149. The van der Waals surface area contributed by atoms with Gasteiger partial charge < -0.3 is 9.47 Å². The van der Waals surface area contributed by atoms with E-state index in [0.29, 0.717) is 18.8 Å². The average molecular weight is 395 g/mol. The summed E-state index contributed by atoms with van der Waals surface area (Å²) in [7, 11) is 0. The third-order valence-corrected chi connectivity index (χ3v) is 6.58. The van der Waals surface area contributed by atoms with Crippen molar-refractivity contribution in [3.8, 4) is 0 Å². The van der Waals surface area contributed by atoms with Crippen LogP contribution in [0.1, 0.15) is 129 Å². The minimum atomic E-state index is 0.0231. The van der Waals surface area contributed by atoms with Crippen molar-refractivity contribution in [2.24, 2.45) is 5.92 Å². The Morgan fingerprint density at radius 1 is 0.714 bits per heavy atom. The SMILES string of the molecule is CCCCCCCCCCCCCCCCCCOC(=O)C1CCC2OC2C1. The summed E-state index contributed by atoms with van der Waals surface area (Å²) in [4.78, 5) is 12.0. The molecule has 3 unspecified atom stereocenters. The first-order valence-electron chi connectivity index (χ1n) is 12.6. The number of epoxide rings is 1. The minimum Gasteiger partial charge on any atom is -0.465 e. The van der Waals surface area contributed by atoms with Gasteiger partial charge >= 0.3 is 5.97 Å². The predicted octanol–water partition coefficient (Wildman–Crippen LogP) is 7.36. The highest BCUT2D eigenvalue weighted by atomic mass is 16.6. The zero-order chi connectivity index (χ0) is 19.9. The van der Waals surface area contributed by atoms with Gasteiger partial charge in [0.05, 0.1) is 24.7 Å². The van der Waals surface area contributed by atoms with E-state index in [2.05, 4.69) is 6.92 Å². The molecular weight excluding hydrogens is 348 g/mol. The van der Waals surface area contributed by atoms with Crippen LogP contribution in [0.5, 0.6) is 0 Å². The summed E-state index contributed by atoms with van der Waals surface area (Å²) in [5.41, 5.74) is 0. The summed E-state index contributed by atoms with van der Waals surface area (Å²) in [6, 6.07) is 0. The van der Waals surface area contributed by atoms with Crippen LogP contribution in [0.3, 0.4) is 0 Å². The Morgan fingerprint density at radius 3 is 1.71 bits per heavy atom. The standard InChI is InChI=1S/C25H46O3/c1-2-3-4-5-6-7-8-9-10-11-12-13-14-15-16-17-20-27-25(26)22-18-19-23-24(21-22)28-23/h22-24H,2-21H2,1H3. The van der Waals surface area contributed by atoms with E-state index in [-0.39, 0.29) is 11.9 Å². The first-order chi connectivity index (χ1) is 13.8. The Hall–Kier alpha value is -0.570. The molecule has 0 spiro atoms. The van der Waals surface area contributed by atoms with E-state index in [4.69, 9.17) is 9.47 Å². The van der Waals surface area contributed by atoms with E-state index in [1.807, 2.05) is 0 Å². The van der Waals surface area contributed by atoms with Crippen LogP contribution in [0.4, 0.5) is 0 Å². The van der Waals surface area contributed by atoms with E-state index < -0.39 is 0 Å². The third kappa shape index (κ3) is 10.8. The number of hydrogen-bond acceptors (Lipinski definition) is 3. The van der Waals surface area contributed by atoms with Crippen molar-refractivity contribution in [2.45, 2.75) is 141 Å². The second kappa shape index (κ2) is 15.3. The number of esters is 1. The number of carbonyl (C=O) groups excluding carboxylic acids is 1. The average Bonchev–Trinajstić information content (AvgIpc) is 3.49. The zero-order valence-electron chi connectivity index (χ0n) is 18.6. The molecule has 2 aliphatic rings. The van der Waals surface area contributed by atoms with Crippen molar-refractivity contribution < 1.29 is 14.3 Å². The molecule has 1 aliphatic heterocycles. The molecule has 0 aromatic rings. The van der Waals surface area contributed by atoms with Gasteiger partial charge in [0.15, 0.2) is 0 Å². The van der Waals surface area contributed by atoms with Gasteiger partial charge in [-0.25, -0.2) is 0 Å². The minimum absolute atomic E-state index is 0.0231. The fraction of sp³-hybridized carbons (Fsp3) is 0.960. The topological polar surface area (TPSA) is 38.8 Å². The second-order valence-electron chi connectivity index (χ2n) is 9.19. The second-order valence-corrected chi connectivity index (χ2v) is 9.19. The van der Waals surface area contributed by atoms with E-state index in [1.54, 1.807) is 0 Å². The number of fused-ring (bicyclic) bond motifs is 1. The summed E-state index contributed by atoms with van der Waals surface area (Å²) < 4.78 is 11.0. The van der Waals surface area contributed by atoms with Crippen LogP contribution in [0, 0.1) is 5.92 Å². The number of rotatable bonds is 18. The van der Waals surface area contributed by atoms with Crippen molar-refractivity contribution in [2.75, 3.05) is 6.61 Å². The van der Waals surface area contributed by atoms with Crippen LogP contribution >= 0.6 is 0 Å². The predicted molar refractivity (Wildman–Crippen MR) is 117 cm³/mol. The number of hydrogen-bond donors (Lipinski definition) is 0. The van der Waals surface area contributed by atoms with Crippen molar-refractivity contribution in [3.05, 3.63) is 0 Å². The van der Waals surface area contributed by atoms with Crippen LogP contribution in [0.15, 0.2) is 0 Å². The van der Waals surface area contributed by atoms with Gasteiger partial charge in [-0.1, -0.05) is 103 Å². The van der Waals surface area contributed by atoms with E-state index in [0.717, 1.165) is 25.7 Å². The molecule has 0 N–H and O–H groups in total. The molecule has 0 bridgehead atoms. The third-order valence-electron chi connectivity index (χ3n) is 6.58. The lowest BCUT2D eigenvalue weighted by atomic mass is 9.89. The maximum absolute atomic E-state index is 12.0. The Morgan fingerprint density at radius 2 is 1.21 bits per heavy atom. The Bertz CT molecular complexity index is 395. The molecule has 0 radical (unpaired) electrons. The van der Waals surface area contributed by atoms with Crippen molar-refractivity contribution in [3.63, 3.8) is 0 Å². The fourth-order valence-corrected chi connectivity index (χ4v) is 4.56. The van der Waals surface area contributed by atoms with Gasteiger partial charge in [-0.15, -0.1) is 0 Å². The summed E-state index contributed by atoms with van der Waals surface area (Å²) >= 11 is 0. The molecule has 164 valence electrons. The molecule has 3 heteroatoms. The quantitative estimate of drug-likeness (QED) is 0.138. The molecule has 1 saturated heterocycles. The maximum Gasteiger partial charge on any atom is 0.309 e. The maximum atomic E-state index is 12.0. The molecule has 0 aromatic heterocycles. The highest BCUT2D eigenvalue weighted by Crippen LogP contribution is 2.39. The fourth-order valence-electron chi connectivity index (χ4n) is 4.56. The van der Waals surface area contributed by atoms with Crippen LogP contribution in [-0.4, -0.2) is 24.8 Å². The summed E-state index contributed by atoms with van der Waals surface area (Å²) in [6.07, 6.45) is 25.6. The van der Waals surface area contributed by atoms with Crippen LogP contribution < -0.4 is 0 Å². The summed E-state index contributed by atoms with van der Waals surface area (Å²) in [5, 5.41) is 0. The molecule has 3 nitrogen and oxygen atoms in total. The number of ether oxygens (including phenoxy) is 2. The van der Waals surface area contributed by atoms with Crippen LogP contribution in [0.2, 0.25) is 0 Å². The largest absolute Gasteiger partial charge is 0.465 e. The van der Waals surface area contributed by atoms with E-state index in [1.165, 1.54) is 96.3 Å². The first-order valence-corrected chi connectivity index (χ1v) is 12.6. The molecular formula is C25H46O3. The number of unbranched alkanes of at least 4 members (excludes halogenated alkanes) is 15. The van der Waals surface area contributed by atoms with Crippen LogP contribution in [-0.2, 0) is 14.3 Å². The van der Waals surface area contributed by atoms with Gasteiger partial charge in [-0.2, -0.15) is 0 Å². The molecule has 2 rings (SSSR count). The Labute approximate surface area is 174 Å². The highest BCUT2D eigenvalue weighted by Gasteiger charge is 2.46. The Kier molecular flexibility index (Phi) is 12.9. The van der Waals surface area contributed by atoms with Gasteiger partial charge in [-0.3, -0.25) is 4.79 Å². The summed E-state index contributed by atoms with van der Waals surface area (Å²) in [5.74, 6) is 0.125. The molecule has 3 atom stereocenters. The normalized spacial score (nSPS) is 23.4. The molecule has 2 fully saturated rings. The van der Waals surface area contributed by atoms with Gasteiger partial charge in [0.25, 0.3) is 0 Å². The zero-order valence-corrected chi connectivity index (χ0v) is 18.6. The van der Waals surface area contributed by atoms with E-state index >= 15 is 0 Å². The highest BCUT2D eigenvalue weighted by molar-refractivity contribution is 5.72. The molecule has 28 heavy (non-hydrogen) atoms. The van der Waals surface area contributed by atoms with Crippen molar-refractivity contribution in [1.29, 1.82) is 0 Å². The molecule has 1 saturated carbocycles. The first kappa shape index (κ1) is 23.7. The molecule has 1 heterocycles. The van der Waals surface area contributed by atoms with Crippen LogP contribution in [0.25, 0.3) is 0 Å². The van der Waals surface area contributed by atoms with Crippen molar-refractivity contribution >= 4 is 5.97 Å².